The predicted molar refractivity (Wildman–Crippen MR) is 72.1 cm³/mol. The molecule has 0 saturated heterocycles. The first-order chi connectivity index (χ1) is 8.10. The molecule has 2 rings (SSSR count). The van der Waals surface area contributed by atoms with Gasteiger partial charge in [-0.3, -0.25) is 0 Å². The standard InChI is InChI=1S/C14H21N3/c1-9(2)6-11(8-15)14-16-12-5-4-10(3)7-13(12)17-14/h4-5,7,9,11H,6,8,15H2,1-3H3,(H,16,17). The van der Waals surface area contributed by atoms with Crippen molar-refractivity contribution in [3.8, 4) is 0 Å². The molecule has 3 nitrogen and oxygen atoms in total. The molecule has 3 heteroatoms. The second kappa shape index (κ2) is 4.88. The molecule has 0 fully saturated rings. The fraction of sp³-hybridized carbons (Fsp3) is 0.500. The zero-order chi connectivity index (χ0) is 12.4. The second-order valence-corrected chi connectivity index (χ2v) is 5.20. The maximum Gasteiger partial charge on any atom is 0.111 e. The van der Waals surface area contributed by atoms with E-state index in [0.29, 0.717) is 18.4 Å². The molecule has 0 radical (unpaired) electrons. The minimum Gasteiger partial charge on any atom is -0.342 e. The van der Waals surface area contributed by atoms with Crippen molar-refractivity contribution in [2.24, 2.45) is 11.7 Å². The van der Waals surface area contributed by atoms with E-state index in [1.807, 2.05) is 0 Å². The van der Waals surface area contributed by atoms with Crippen LogP contribution in [0.4, 0.5) is 0 Å². The summed E-state index contributed by atoms with van der Waals surface area (Å²) >= 11 is 0. The van der Waals surface area contributed by atoms with E-state index in [2.05, 4.69) is 48.9 Å². The van der Waals surface area contributed by atoms with Gasteiger partial charge in [0.15, 0.2) is 0 Å². The summed E-state index contributed by atoms with van der Waals surface area (Å²) in [6.07, 6.45) is 1.08. The molecule has 17 heavy (non-hydrogen) atoms. The van der Waals surface area contributed by atoms with Gasteiger partial charge in [0.1, 0.15) is 5.82 Å². The van der Waals surface area contributed by atoms with E-state index < -0.39 is 0 Å². The number of hydrogen-bond donors (Lipinski definition) is 2. The first-order valence-electron chi connectivity index (χ1n) is 6.26. The molecule has 1 aromatic carbocycles. The Bertz CT molecular complexity index is 499. The van der Waals surface area contributed by atoms with Crippen LogP contribution in [0.25, 0.3) is 11.0 Å². The SMILES string of the molecule is Cc1ccc2nc(C(CN)CC(C)C)[nH]c2c1. The zero-order valence-electron chi connectivity index (χ0n) is 10.8. The lowest BCUT2D eigenvalue weighted by Crippen LogP contribution is -2.15. The fourth-order valence-corrected chi connectivity index (χ4v) is 2.23. The highest BCUT2D eigenvalue weighted by atomic mass is 14.9. The summed E-state index contributed by atoms with van der Waals surface area (Å²) in [7, 11) is 0. The van der Waals surface area contributed by atoms with Gasteiger partial charge in [0.2, 0.25) is 0 Å². The molecule has 0 aliphatic rings. The van der Waals surface area contributed by atoms with Gasteiger partial charge in [-0.15, -0.1) is 0 Å². The number of aromatic amines is 1. The molecule has 0 aliphatic heterocycles. The molecular weight excluding hydrogens is 210 g/mol. The quantitative estimate of drug-likeness (QED) is 0.850. The van der Waals surface area contributed by atoms with E-state index >= 15 is 0 Å². The minimum absolute atomic E-state index is 0.336. The van der Waals surface area contributed by atoms with Crippen LogP contribution in [-0.4, -0.2) is 16.5 Å². The Hall–Kier alpha value is -1.35. The molecule has 0 aliphatic carbocycles. The van der Waals surface area contributed by atoms with Crippen LogP contribution >= 0.6 is 0 Å². The molecule has 2 aromatic rings. The third-order valence-electron chi connectivity index (χ3n) is 3.08. The largest absolute Gasteiger partial charge is 0.342 e. The summed E-state index contributed by atoms with van der Waals surface area (Å²) in [5, 5.41) is 0. The van der Waals surface area contributed by atoms with E-state index in [4.69, 9.17) is 5.73 Å². The maximum absolute atomic E-state index is 5.84. The molecule has 0 bridgehead atoms. The van der Waals surface area contributed by atoms with Gasteiger partial charge in [-0.05, 0) is 37.0 Å². The summed E-state index contributed by atoms with van der Waals surface area (Å²) in [4.78, 5) is 8.04. The predicted octanol–water partition coefficient (Wildman–Crippen LogP) is 2.96. The van der Waals surface area contributed by atoms with Crippen LogP contribution in [0.5, 0.6) is 0 Å². The summed E-state index contributed by atoms with van der Waals surface area (Å²) < 4.78 is 0. The molecule has 3 N–H and O–H groups in total. The van der Waals surface area contributed by atoms with Crippen molar-refractivity contribution >= 4 is 11.0 Å². The third-order valence-corrected chi connectivity index (χ3v) is 3.08. The molecule has 1 heterocycles. The minimum atomic E-state index is 0.336. The van der Waals surface area contributed by atoms with Crippen LogP contribution in [0.15, 0.2) is 18.2 Å². The molecule has 92 valence electrons. The summed E-state index contributed by atoms with van der Waals surface area (Å²) in [5.41, 5.74) is 9.24. The van der Waals surface area contributed by atoms with Crippen molar-refractivity contribution in [2.75, 3.05) is 6.54 Å². The van der Waals surface area contributed by atoms with Gasteiger partial charge in [0.05, 0.1) is 11.0 Å². The first-order valence-corrected chi connectivity index (χ1v) is 6.26. The number of rotatable bonds is 4. The van der Waals surface area contributed by atoms with Gasteiger partial charge in [-0.25, -0.2) is 4.98 Å². The van der Waals surface area contributed by atoms with Crippen molar-refractivity contribution in [2.45, 2.75) is 33.1 Å². The molecule has 1 aromatic heterocycles. The Morgan fingerprint density at radius 3 is 2.76 bits per heavy atom. The number of H-pyrrole nitrogens is 1. The summed E-state index contributed by atoms with van der Waals surface area (Å²) in [6, 6.07) is 6.29. The zero-order valence-corrected chi connectivity index (χ0v) is 10.8. The number of nitrogens with zero attached hydrogens (tertiary/aromatic N) is 1. The van der Waals surface area contributed by atoms with E-state index in [1.165, 1.54) is 5.56 Å². The highest BCUT2D eigenvalue weighted by Gasteiger charge is 2.15. The normalized spacial score (nSPS) is 13.5. The lowest BCUT2D eigenvalue weighted by molar-refractivity contribution is 0.491. The van der Waals surface area contributed by atoms with E-state index in [9.17, 15) is 0 Å². The number of imidazole rings is 1. The molecule has 1 unspecified atom stereocenters. The monoisotopic (exact) mass is 231 g/mol. The number of fused-ring (bicyclic) bond motifs is 1. The number of hydrogen-bond acceptors (Lipinski definition) is 2. The van der Waals surface area contributed by atoms with Gasteiger partial charge < -0.3 is 10.7 Å². The Labute approximate surface area is 102 Å². The van der Waals surface area contributed by atoms with Gasteiger partial charge in [-0.1, -0.05) is 19.9 Å². The first kappa shape index (κ1) is 12.1. The van der Waals surface area contributed by atoms with Crippen LogP contribution in [0, 0.1) is 12.8 Å². The average Bonchev–Trinajstić information content (AvgIpc) is 2.68. The number of aryl methyl sites for hydroxylation is 1. The lowest BCUT2D eigenvalue weighted by Gasteiger charge is -2.14. The number of benzene rings is 1. The topological polar surface area (TPSA) is 54.7 Å². The van der Waals surface area contributed by atoms with Gasteiger partial charge in [0.25, 0.3) is 0 Å². The van der Waals surface area contributed by atoms with E-state index in [0.717, 1.165) is 23.3 Å². The molecule has 0 spiro atoms. The average molecular weight is 231 g/mol. The van der Waals surface area contributed by atoms with Crippen LogP contribution in [0.2, 0.25) is 0 Å². The third kappa shape index (κ3) is 2.67. The second-order valence-electron chi connectivity index (χ2n) is 5.20. The van der Waals surface area contributed by atoms with E-state index in [-0.39, 0.29) is 0 Å². The lowest BCUT2D eigenvalue weighted by atomic mass is 9.97. The van der Waals surface area contributed by atoms with Crippen molar-refractivity contribution in [1.82, 2.24) is 9.97 Å². The van der Waals surface area contributed by atoms with Crippen LogP contribution < -0.4 is 5.73 Å². The molecule has 0 saturated carbocycles. The van der Waals surface area contributed by atoms with Crippen molar-refractivity contribution in [3.05, 3.63) is 29.6 Å². The van der Waals surface area contributed by atoms with Crippen LogP contribution in [0.3, 0.4) is 0 Å². The number of aromatic nitrogens is 2. The van der Waals surface area contributed by atoms with E-state index in [1.54, 1.807) is 0 Å². The fourth-order valence-electron chi connectivity index (χ4n) is 2.23. The Morgan fingerprint density at radius 2 is 2.12 bits per heavy atom. The highest BCUT2D eigenvalue weighted by Crippen LogP contribution is 2.23. The summed E-state index contributed by atoms with van der Waals surface area (Å²) in [5.74, 6) is 2.00. The highest BCUT2D eigenvalue weighted by molar-refractivity contribution is 5.75. The van der Waals surface area contributed by atoms with Crippen molar-refractivity contribution in [3.63, 3.8) is 0 Å². The molecule has 1 atom stereocenters. The van der Waals surface area contributed by atoms with Crippen LogP contribution in [0.1, 0.15) is 37.6 Å². The number of nitrogens with one attached hydrogen (secondary N) is 1. The Kier molecular flexibility index (Phi) is 3.48. The maximum atomic E-state index is 5.84. The number of nitrogens with two attached hydrogens (primary N) is 1. The van der Waals surface area contributed by atoms with Crippen LogP contribution in [-0.2, 0) is 0 Å². The van der Waals surface area contributed by atoms with Gasteiger partial charge in [0, 0.05) is 12.5 Å². The molecule has 0 amide bonds. The van der Waals surface area contributed by atoms with Crippen molar-refractivity contribution < 1.29 is 0 Å². The Morgan fingerprint density at radius 1 is 1.35 bits per heavy atom. The smallest absolute Gasteiger partial charge is 0.111 e. The Balaban J connectivity index is 2.34. The van der Waals surface area contributed by atoms with Gasteiger partial charge >= 0.3 is 0 Å². The van der Waals surface area contributed by atoms with Crippen molar-refractivity contribution in [1.29, 1.82) is 0 Å². The summed E-state index contributed by atoms with van der Waals surface area (Å²) in [6.45, 7) is 7.18. The van der Waals surface area contributed by atoms with Gasteiger partial charge in [-0.2, -0.15) is 0 Å². The molecular formula is C14H21N3.